The molecule has 9 heavy (non-hydrogen) atoms. The van der Waals surface area contributed by atoms with Crippen LogP contribution in [-0.4, -0.2) is 4.71 Å². The molecular formula is C7H5ClS. The molecule has 0 aromatic rings. The molecule has 46 valence electrons. The lowest BCUT2D eigenvalue weighted by molar-refractivity contribution is 1.61. The van der Waals surface area contributed by atoms with Crippen LogP contribution in [0.5, 0.6) is 0 Å². The lowest BCUT2D eigenvalue weighted by Gasteiger charge is -1.91. The van der Waals surface area contributed by atoms with Gasteiger partial charge < -0.3 is 0 Å². The van der Waals surface area contributed by atoms with Crippen LogP contribution < -0.4 is 0 Å². The summed E-state index contributed by atoms with van der Waals surface area (Å²) in [7, 11) is 0. The van der Waals surface area contributed by atoms with Gasteiger partial charge in [-0.15, -0.1) is 23.4 Å². The fourth-order valence-corrected chi connectivity index (χ4v) is 2.27. The van der Waals surface area contributed by atoms with Crippen LogP contribution in [0.2, 0.25) is 0 Å². The second-order valence-corrected chi connectivity index (χ2v) is 3.89. The van der Waals surface area contributed by atoms with E-state index in [0.29, 0.717) is 0 Å². The Morgan fingerprint density at radius 2 is 2.44 bits per heavy atom. The summed E-state index contributed by atoms with van der Waals surface area (Å²) in [4.78, 5) is 1.31. The lowest BCUT2D eigenvalue weighted by atomic mass is 10.3. The highest BCUT2D eigenvalue weighted by atomic mass is 35.5. The van der Waals surface area contributed by atoms with Crippen molar-refractivity contribution in [3.8, 4) is 0 Å². The van der Waals surface area contributed by atoms with E-state index in [0.717, 1.165) is 0 Å². The Kier molecular flexibility index (Phi) is 1.20. The van der Waals surface area contributed by atoms with E-state index >= 15 is 0 Å². The zero-order valence-electron chi connectivity index (χ0n) is 4.67. The van der Waals surface area contributed by atoms with Gasteiger partial charge >= 0.3 is 0 Å². The number of hydrogen-bond donors (Lipinski definition) is 0. The predicted molar refractivity (Wildman–Crippen MR) is 42.5 cm³/mol. The highest BCUT2D eigenvalue weighted by Crippen LogP contribution is 2.41. The molecule has 2 heteroatoms. The molecule has 0 amide bonds. The van der Waals surface area contributed by atoms with E-state index in [2.05, 4.69) is 24.3 Å². The summed E-state index contributed by atoms with van der Waals surface area (Å²) >= 11 is 7.53. The Hall–Kier alpha value is -0.140. The van der Waals surface area contributed by atoms with Gasteiger partial charge in [0, 0.05) is 4.91 Å². The topological polar surface area (TPSA) is 0 Å². The molecule has 0 aromatic carbocycles. The Labute approximate surface area is 63.3 Å². The van der Waals surface area contributed by atoms with E-state index in [1.807, 2.05) is 0 Å². The first kappa shape index (κ1) is 5.63. The molecule has 2 rings (SSSR count). The molecule has 2 aliphatic rings. The average molecular weight is 157 g/mol. The van der Waals surface area contributed by atoms with Crippen molar-refractivity contribution in [1.29, 1.82) is 0 Å². The van der Waals surface area contributed by atoms with E-state index in [4.69, 9.17) is 11.6 Å². The van der Waals surface area contributed by atoms with Gasteiger partial charge in [-0.05, 0) is 17.7 Å². The van der Waals surface area contributed by atoms with E-state index < -0.39 is 0 Å². The van der Waals surface area contributed by atoms with Crippen molar-refractivity contribution < 1.29 is 0 Å². The van der Waals surface area contributed by atoms with Crippen molar-refractivity contribution in [1.82, 2.24) is 0 Å². The first-order valence-corrected chi connectivity index (χ1v) is 4.09. The number of fused-ring (bicyclic) bond motifs is 1. The van der Waals surface area contributed by atoms with Gasteiger partial charge in [0.1, 0.15) is 4.71 Å². The number of thioether (sulfide) groups is 1. The number of alkyl halides is 1. The first-order valence-electron chi connectivity index (χ1n) is 2.77. The van der Waals surface area contributed by atoms with Crippen molar-refractivity contribution in [3.05, 3.63) is 34.8 Å². The average Bonchev–Trinajstić information content (AvgIpc) is 2.22. The molecule has 1 heterocycles. The van der Waals surface area contributed by atoms with Crippen molar-refractivity contribution in [2.45, 2.75) is 4.71 Å². The molecule has 1 unspecified atom stereocenters. The summed E-state index contributed by atoms with van der Waals surface area (Å²) in [6, 6.07) is 0. The number of hydrogen-bond acceptors (Lipinski definition) is 1. The van der Waals surface area contributed by atoms with Crippen LogP contribution in [0.25, 0.3) is 0 Å². The van der Waals surface area contributed by atoms with Crippen LogP contribution in [0, 0.1) is 0 Å². The molecule has 0 fully saturated rings. The second kappa shape index (κ2) is 1.93. The maximum absolute atomic E-state index is 5.83. The number of rotatable bonds is 0. The minimum absolute atomic E-state index is 0.163. The monoisotopic (exact) mass is 156 g/mol. The number of allylic oxidation sites excluding steroid dienone is 4. The molecule has 1 atom stereocenters. The molecule has 0 saturated carbocycles. The quantitative estimate of drug-likeness (QED) is 0.486. The Morgan fingerprint density at radius 1 is 1.56 bits per heavy atom. The highest BCUT2D eigenvalue weighted by Gasteiger charge is 2.18. The third kappa shape index (κ3) is 0.846. The summed E-state index contributed by atoms with van der Waals surface area (Å²) in [5, 5.41) is 0. The third-order valence-electron chi connectivity index (χ3n) is 1.36. The highest BCUT2D eigenvalue weighted by molar-refractivity contribution is 8.05. The van der Waals surface area contributed by atoms with Crippen LogP contribution in [-0.2, 0) is 0 Å². The molecule has 1 aliphatic carbocycles. The number of halogens is 1. The molecular weight excluding hydrogens is 152 g/mol. The third-order valence-corrected chi connectivity index (χ3v) is 2.74. The van der Waals surface area contributed by atoms with Crippen LogP contribution in [0.3, 0.4) is 0 Å². The molecule has 0 N–H and O–H groups in total. The van der Waals surface area contributed by atoms with E-state index in [-0.39, 0.29) is 4.71 Å². The van der Waals surface area contributed by atoms with Crippen molar-refractivity contribution in [2.24, 2.45) is 0 Å². The fourth-order valence-electron chi connectivity index (χ4n) is 0.959. The first-order chi connectivity index (χ1) is 4.36. The normalized spacial score (nSPS) is 30.1. The molecule has 1 aliphatic heterocycles. The summed E-state index contributed by atoms with van der Waals surface area (Å²) in [6.45, 7) is 0. The summed E-state index contributed by atoms with van der Waals surface area (Å²) in [5.41, 5.74) is 1.29. The maximum Gasteiger partial charge on any atom is 0.102 e. The molecule has 0 radical (unpaired) electrons. The molecule has 0 nitrogen and oxygen atoms in total. The predicted octanol–water partition coefficient (Wildman–Crippen LogP) is 2.68. The van der Waals surface area contributed by atoms with Gasteiger partial charge in [0.05, 0.1) is 0 Å². The van der Waals surface area contributed by atoms with Gasteiger partial charge in [0.15, 0.2) is 0 Å². The Morgan fingerprint density at radius 3 is 3.22 bits per heavy atom. The largest absolute Gasteiger partial charge is 0.106 e. The van der Waals surface area contributed by atoms with Gasteiger partial charge in [-0.1, -0.05) is 12.2 Å². The zero-order valence-corrected chi connectivity index (χ0v) is 6.25. The van der Waals surface area contributed by atoms with Crippen LogP contribution in [0.15, 0.2) is 34.8 Å². The smallest absolute Gasteiger partial charge is 0.102 e. The van der Waals surface area contributed by atoms with Crippen LogP contribution >= 0.6 is 23.4 Å². The second-order valence-electron chi connectivity index (χ2n) is 1.98. The van der Waals surface area contributed by atoms with E-state index in [1.54, 1.807) is 11.8 Å². The van der Waals surface area contributed by atoms with Crippen molar-refractivity contribution in [2.75, 3.05) is 0 Å². The Bertz CT molecular complexity index is 225. The Balaban J connectivity index is 2.40. The van der Waals surface area contributed by atoms with Gasteiger partial charge in [0.2, 0.25) is 0 Å². The van der Waals surface area contributed by atoms with Crippen LogP contribution in [0.1, 0.15) is 0 Å². The SMILES string of the molecule is ClC1C=C2C=CC=C2S1. The fraction of sp³-hybridized carbons (Fsp3) is 0.143. The lowest BCUT2D eigenvalue weighted by Crippen LogP contribution is -1.73. The zero-order chi connectivity index (χ0) is 6.27. The summed E-state index contributed by atoms with van der Waals surface area (Å²) in [6.07, 6.45) is 8.31. The minimum atomic E-state index is 0.163. The summed E-state index contributed by atoms with van der Waals surface area (Å²) in [5.74, 6) is 0. The standard InChI is InChI=1S/C7H5ClS/c8-7-4-5-2-1-3-6(5)9-7/h1-4,7H. The van der Waals surface area contributed by atoms with Gasteiger partial charge in [-0.2, -0.15) is 0 Å². The van der Waals surface area contributed by atoms with Crippen molar-refractivity contribution >= 4 is 23.4 Å². The van der Waals surface area contributed by atoms with Gasteiger partial charge in [0.25, 0.3) is 0 Å². The maximum atomic E-state index is 5.83. The molecule has 0 bridgehead atoms. The van der Waals surface area contributed by atoms with Crippen LogP contribution in [0.4, 0.5) is 0 Å². The van der Waals surface area contributed by atoms with Gasteiger partial charge in [-0.3, -0.25) is 0 Å². The molecule has 0 aromatic heterocycles. The van der Waals surface area contributed by atoms with Crippen molar-refractivity contribution in [3.63, 3.8) is 0 Å². The summed E-state index contributed by atoms with van der Waals surface area (Å²) < 4.78 is 0.163. The molecule has 0 spiro atoms. The minimum Gasteiger partial charge on any atom is -0.106 e. The van der Waals surface area contributed by atoms with E-state index in [9.17, 15) is 0 Å². The van der Waals surface area contributed by atoms with Gasteiger partial charge in [-0.25, -0.2) is 0 Å². The molecule has 0 saturated heterocycles. The van der Waals surface area contributed by atoms with E-state index in [1.165, 1.54) is 10.5 Å².